The number of nitrogens with one attached hydrogen (secondary N) is 1. The molecule has 0 bridgehead atoms. The average molecular weight is 295 g/mol. The topological polar surface area (TPSA) is 12.0 Å². The number of hydrogen-bond donors (Lipinski definition) is 1. The van der Waals surface area contributed by atoms with Crippen molar-refractivity contribution in [3.05, 3.63) is 65.0 Å². The van der Waals surface area contributed by atoms with E-state index in [1.807, 2.05) is 11.3 Å². The van der Waals surface area contributed by atoms with E-state index < -0.39 is 0 Å². The summed E-state index contributed by atoms with van der Waals surface area (Å²) in [6, 6.07) is 17.4. The molecule has 1 nitrogen and oxygen atoms in total. The number of hydrogen-bond acceptors (Lipinski definition) is 2. The lowest BCUT2D eigenvalue weighted by molar-refractivity contribution is 0.590. The maximum absolute atomic E-state index is 3.52. The van der Waals surface area contributed by atoms with Gasteiger partial charge in [0.05, 0.1) is 0 Å². The number of anilines is 1. The first-order valence-corrected chi connectivity index (χ1v) is 8.21. The van der Waals surface area contributed by atoms with Gasteiger partial charge in [0, 0.05) is 16.9 Å². The summed E-state index contributed by atoms with van der Waals surface area (Å²) in [4.78, 5) is 0. The molecule has 0 atom stereocenters. The summed E-state index contributed by atoms with van der Waals surface area (Å²) in [6.07, 6.45) is 0. The molecular formula is C19H21NS. The molecule has 1 aromatic heterocycles. The number of rotatable bonds is 3. The molecule has 0 aliphatic carbocycles. The van der Waals surface area contributed by atoms with Crippen molar-refractivity contribution in [3.8, 4) is 0 Å². The van der Waals surface area contributed by atoms with Gasteiger partial charge in [-0.05, 0) is 45.5 Å². The third kappa shape index (κ3) is 3.11. The Hall–Kier alpha value is -1.80. The fourth-order valence-corrected chi connectivity index (χ4v) is 3.42. The Morgan fingerprint density at radius 1 is 0.952 bits per heavy atom. The van der Waals surface area contributed by atoms with Crippen molar-refractivity contribution in [1.29, 1.82) is 0 Å². The van der Waals surface area contributed by atoms with Crippen molar-refractivity contribution in [2.75, 3.05) is 5.32 Å². The predicted octanol–water partition coefficient (Wildman–Crippen LogP) is 5.81. The summed E-state index contributed by atoms with van der Waals surface area (Å²) >= 11 is 1.81. The van der Waals surface area contributed by atoms with Crippen LogP contribution in [-0.2, 0) is 12.0 Å². The zero-order chi connectivity index (χ0) is 14.9. The van der Waals surface area contributed by atoms with E-state index in [-0.39, 0.29) is 5.41 Å². The fraction of sp³-hybridized carbons (Fsp3) is 0.263. The molecule has 21 heavy (non-hydrogen) atoms. The van der Waals surface area contributed by atoms with Gasteiger partial charge in [-0.3, -0.25) is 0 Å². The smallest absolute Gasteiger partial charge is 0.0415 e. The first-order valence-electron chi connectivity index (χ1n) is 7.33. The third-order valence-electron chi connectivity index (χ3n) is 3.80. The highest BCUT2D eigenvalue weighted by Crippen LogP contribution is 2.27. The van der Waals surface area contributed by atoms with E-state index in [0.717, 1.165) is 6.54 Å². The quantitative estimate of drug-likeness (QED) is 0.643. The lowest BCUT2D eigenvalue weighted by atomic mass is 9.87. The van der Waals surface area contributed by atoms with E-state index in [2.05, 4.69) is 80.0 Å². The van der Waals surface area contributed by atoms with E-state index in [1.165, 1.54) is 26.9 Å². The van der Waals surface area contributed by atoms with Gasteiger partial charge in [0.15, 0.2) is 0 Å². The molecule has 1 heterocycles. The van der Waals surface area contributed by atoms with Crippen LogP contribution in [0.2, 0.25) is 0 Å². The van der Waals surface area contributed by atoms with Crippen molar-refractivity contribution in [3.63, 3.8) is 0 Å². The maximum atomic E-state index is 3.52. The van der Waals surface area contributed by atoms with Crippen molar-refractivity contribution in [1.82, 2.24) is 0 Å². The first-order chi connectivity index (χ1) is 10.0. The highest BCUT2D eigenvalue weighted by Gasteiger charge is 2.12. The Kier molecular flexibility index (Phi) is 3.73. The zero-order valence-electron chi connectivity index (χ0n) is 12.8. The molecule has 3 rings (SSSR count). The van der Waals surface area contributed by atoms with Crippen LogP contribution in [0.5, 0.6) is 0 Å². The standard InChI is InChI=1S/C19H21NS/c1-19(2,3)15-8-10-16(11-9-15)20-12-14-13-21-18-7-5-4-6-17(14)18/h4-11,13,20H,12H2,1-3H3. The second-order valence-corrected chi connectivity index (χ2v) is 7.35. The summed E-state index contributed by atoms with van der Waals surface area (Å²) in [7, 11) is 0. The fourth-order valence-electron chi connectivity index (χ4n) is 2.46. The lowest BCUT2D eigenvalue weighted by Gasteiger charge is -2.19. The van der Waals surface area contributed by atoms with Gasteiger partial charge in [0.2, 0.25) is 0 Å². The highest BCUT2D eigenvalue weighted by molar-refractivity contribution is 7.17. The van der Waals surface area contributed by atoms with Crippen LogP contribution >= 0.6 is 11.3 Å². The molecule has 0 spiro atoms. The number of fused-ring (bicyclic) bond motifs is 1. The van der Waals surface area contributed by atoms with E-state index in [4.69, 9.17) is 0 Å². The summed E-state index contributed by atoms with van der Waals surface area (Å²) in [5, 5.41) is 7.14. The van der Waals surface area contributed by atoms with Gasteiger partial charge >= 0.3 is 0 Å². The van der Waals surface area contributed by atoms with Crippen LogP contribution in [-0.4, -0.2) is 0 Å². The molecule has 0 aliphatic heterocycles. The van der Waals surface area contributed by atoms with Crippen molar-refractivity contribution >= 4 is 27.1 Å². The molecule has 108 valence electrons. The second kappa shape index (κ2) is 5.53. The number of thiophene rings is 1. The number of benzene rings is 2. The maximum Gasteiger partial charge on any atom is 0.0415 e. The molecule has 0 saturated heterocycles. The lowest BCUT2D eigenvalue weighted by Crippen LogP contribution is -2.10. The molecule has 1 N–H and O–H groups in total. The molecule has 0 radical (unpaired) electrons. The van der Waals surface area contributed by atoms with Crippen molar-refractivity contribution in [2.24, 2.45) is 0 Å². The van der Waals surface area contributed by atoms with Gasteiger partial charge < -0.3 is 5.32 Å². The Bertz CT molecular complexity index is 732. The normalized spacial score (nSPS) is 11.8. The van der Waals surface area contributed by atoms with E-state index in [1.54, 1.807) is 0 Å². The van der Waals surface area contributed by atoms with E-state index in [0.29, 0.717) is 0 Å². The zero-order valence-corrected chi connectivity index (χ0v) is 13.6. The molecule has 2 heteroatoms. The summed E-state index contributed by atoms with van der Waals surface area (Å²) < 4.78 is 1.36. The van der Waals surface area contributed by atoms with Crippen LogP contribution in [0, 0.1) is 0 Å². The van der Waals surface area contributed by atoms with Crippen LogP contribution < -0.4 is 5.32 Å². The van der Waals surface area contributed by atoms with Gasteiger partial charge in [-0.1, -0.05) is 51.1 Å². The van der Waals surface area contributed by atoms with E-state index >= 15 is 0 Å². The van der Waals surface area contributed by atoms with Gasteiger partial charge in [0.25, 0.3) is 0 Å². The largest absolute Gasteiger partial charge is 0.381 e. The molecular weight excluding hydrogens is 274 g/mol. The molecule has 0 unspecified atom stereocenters. The Morgan fingerprint density at radius 2 is 1.67 bits per heavy atom. The summed E-state index contributed by atoms with van der Waals surface area (Å²) in [5.41, 5.74) is 4.13. The van der Waals surface area contributed by atoms with Crippen molar-refractivity contribution < 1.29 is 0 Å². The summed E-state index contributed by atoms with van der Waals surface area (Å²) in [6.45, 7) is 7.60. The Labute approximate surface area is 130 Å². The molecule has 0 saturated carbocycles. The average Bonchev–Trinajstić information content (AvgIpc) is 2.88. The Balaban J connectivity index is 1.73. The predicted molar refractivity (Wildman–Crippen MR) is 94.3 cm³/mol. The highest BCUT2D eigenvalue weighted by atomic mass is 32.1. The van der Waals surface area contributed by atoms with Crippen LogP contribution in [0.15, 0.2) is 53.9 Å². The second-order valence-electron chi connectivity index (χ2n) is 6.44. The first kappa shape index (κ1) is 14.2. The van der Waals surface area contributed by atoms with Crippen LogP contribution in [0.1, 0.15) is 31.9 Å². The minimum atomic E-state index is 0.210. The molecule has 0 aliphatic rings. The molecule has 3 aromatic rings. The van der Waals surface area contributed by atoms with E-state index in [9.17, 15) is 0 Å². The van der Waals surface area contributed by atoms with Gasteiger partial charge in [-0.25, -0.2) is 0 Å². The van der Waals surface area contributed by atoms with Crippen LogP contribution in [0.3, 0.4) is 0 Å². The third-order valence-corrected chi connectivity index (χ3v) is 4.81. The van der Waals surface area contributed by atoms with Gasteiger partial charge in [-0.2, -0.15) is 0 Å². The minimum Gasteiger partial charge on any atom is -0.381 e. The van der Waals surface area contributed by atoms with Gasteiger partial charge in [-0.15, -0.1) is 11.3 Å². The summed E-state index contributed by atoms with van der Waals surface area (Å²) in [5.74, 6) is 0. The molecule has 0 amide bonds. The SMILES string of the molecule is CC(C)(C)c1ccc(NCc2csc3ccccc23)cc1. The Morgan fingerprint density at radius 3 is 2.38 bits per heavy atom. The molecule has 0 fully saturated rings. The monoisotopic (exact) mass is 295 g/mol. The van der Waals surface area contributed by atoms with Crippen LogP contribution in [0.4, 0.5) is 5.69 Å². The minimum absolute atomic E-state index is 0.210. The van der Waals surface area contributed by atoms with Gasteiger partial charge in [0.1, 0.15) is 0 Å². The molecule has 2 aromatic carbocycles. The van der Waals surface area contributed by atoms with Crippen LogP contribution in [0.25, 0.3) is 10.1 Å². The van der Waals surface area contributed by atoms with Crippen molar-refractivity contribution in [2.45, 2.75) is 32.7 Å².